The van der Waals surface area contributed by atoms with Crippen molar-refractivity contribution in [2.75, 3.05) is 0 Å². The zero-order valence-corrected chi connectivity index (χ0v) is 6.91. The fraction of sp³-hybridized carbons (Fsp3) is 0.333. The second-order valence-electron chi connectivity index (χ2n) is 2.67. The van der Waals surface area contributed by atoms with Gasteiger partial charge in [0.25, 0.3) is 0 Å². The zero-order chi connectivity index (χ0) is 9.14. The molecule has 2 unspecified atom stereocenters. The van der Waals surface area contributed by atoms with E-state index in [1.807, 2.05) is 6.92 Å². The number of carbonyl (C=O) groups excluding carboxylic acids is 2. The van der Waals surface area contributed by atoms with Crippen LogP contribution in [0.25, 0.3) is 0 Å². The highest BCUT2D eigenvalue weighted by atomic mass is 16.2. The molecule has 1 fully saturated rings. The smallest absolute Gasteiger partial charge is 0.234 e. The molecule has 1 aliphatic rings. The average Bonchev–Trinajstić information content (AvgIpc) is 2.28. The van der Waals surface area contributed by atoms with Crippen molar-refractivity contribution in [2.45, 2.75) is 6.92 Å². The lowest BCUT2D eigenvalue weighted by Crippen LogP contribution is -2.21. The van der Waals surface area contributed by atoms with Crippen molar-refractivity contribution in [3.63, 3.8) is 0 Å². The van der Waals surface area contributed by atoms with Crippen LogP contribution in [0.4, 0.5) is 0 Å². The molecule has 0 aromatic carbocycles. The average molecular weight is 165 g/mol. The standard InChI is InChI=1S/C9H11NO2/c1-3-5-7-6(4-2)8(11)10-9(7)12/h3-7H,2H2,1H3,(H,10,11,12)/b5-3-. The van der Waals surface area contributed by atoms with Crippen LogP contribution in [0.2, 0.25) is 0 Å². The Morgan fingerprint density at radius 3 is 2.42 bits per heavy atom. The topological polar surface area (TPSA) is 46.2 Å². The first-order valence-electron chi connectivity index (χ1n) is 3.80. The molecule has 1 heterocycles. The predicted molar refractivity (Wildman–Crippen MR) is 45.1 cm³/mol. The van der Waals surface area contributed by atoms with E-state index >= 15 is 0 Å². The van der Waals surface area contributed by atoms with Crippen LogP contribution >= 0.6 is 0 Å². The predicted octanol–water partition coefficient (Wildman–Crippen LogP) is 0.637. The fourth-order valence-electron chi connectivity index (χ4n) is 1.28. The van der Waals surface area contributed by atoms with E-state index in [0.29, 0.717) is 0 Å². The number of nitrogens with one attached hydrogen (secondary N) is 1. The van der Waals surface area contributed by atoms with E-state index in [0.717, 1.165) is 0 Å². The van der Waals surface area contributed by atoms with Gasteiger partial charge in [-0.05, 0) is 6.92 Å². The molecule has 0 aliphatic carbocycles. The van der Waals surface area contributed by atoms with E-state index in [2.05, 4.69) is 11.9 Å². The van der Waals surface area contributed by atoms with Gasteiger partial charge in [0, 0.05) is 0 Å². The minimum Gasteiger partial charge on any atom is -0.295 e. The Morgan fingerprint density at radius 1 is 1.33 bits per heavy atom. The Balaban J connectivity index is 2.89. The molecule has 3 heteroatoms. The van der Waals surface area contributed by atoms with E-state index in [4.69, 9.17) is 0 Å². The zero-order valence-electron chi connectivity index (χ0n) is 6.91. The maximum Gasteiger partial charge on any atom is 0.234 e. The maximum absolute atomic E-state index is 11.1. The third-order valence-corrected chi connectivity index (χ3v) is 1.89. The van der Waals surface area contributed by atoms with Crippen molar-refractivity contribution >= 4 is 11.8 Å². The summed E-state index contributed by atoms with van der Waals surface area (Å²) in [5, 5.41) is 2.25. The number of rotatable bonds is 2. The molecule has 1 aliphatic heterocycles. The van der Waals surface area contributed by atoms with E-state index in [-0.39, 0.29) is 17.7 Å². The Kier molecular flexibility index (Phi) is 2.43. The van der Waals surface area contributed by atoms with Gasteiger partial charge in [-0.1, -0.05) is 18.2 Å². The van der Waals surface area contributed by atoms with Crippen LogP contribution in [0.3, 0.4) is 0 Å². The quantitative estimate of drug-likeness (QED) is 0.482. The third kappa shape index (κ3) is 1.30. The number of hydrogen-bond donors (Lipinski definition) is 1. The van der Waals surface area contributed by atoms with E-state index in [9.17, 15) is 9.59 Å². The van der Waals surface area contributed by atoms with Crippen LogP contribution in [0.15, 0.2) is 24.8 Å². The van der Waals surface area contributed by atoms with E-state index < -0.39 is 5.92 Å². The van der Waals surface area contributed by atoms with Crippen molar-refractivity contribution in [1.82, 2.24) is 5.32 Å². The molecule has 0 bridgehead atoms. The second kappa shape index (κ2) is 3.34. The monoisotopic (exact) mass is 165 g/mol. The number of imide groups is 1. The van der Waals surface area contributed by atoms with Crippen LogP contribution in [0, 0.1) is 11.8 Å². The van der Waals surface area contributed by atoms with Gasteiger partial charge in [-0.2, -0.15) is 0 Å². The lowest BCUT2D eigenvalue weighted by molar-refractivity contribution is -0.125. The molecular weight excluding hydrogens is 154 g/mol. The molecule has 3 nitrogen and oxygen atoms in total. The minimum atomic E-state index is -0.395. The normalized spacial score (nSPS) is 29.4. The highest BCUT2D eigenvalue weighted by molar-refractivity contribution is 6.06. The van der Waals surface area contributed by atoms with Crippen molar-refractivity contribution < 1.29 is 9.59 Å². The van der Waals surface area contributed by atoms with E-state index in [1.54, 1.807) is 12.2 Å². The van der Waals surface area contributed by atoms with Crippen LogP contribution in [0.5, 0.6) is 0 Å². The molecule has 2 atom stereocenters. The summed E-state index contributed by atoms with van der Waals surface area (Å²) in [5.74, 6) is -1.24. The number of hydrogen-bond acceptors (Lipinski definition) is 2. The number of allylic oxidation sites excluding steroid dienone is 1. The van der Waals surface area contributed by atoms with Crippen LogP contribution in [0.1, 0.15) is 6.92 Å². The van der Waals surface area contributed by atoms with Crippen molar-refractivity contribution in [2.24, 2.45) is 11.8 Å². The van der Waals surface area contributed by atoms with Gasteiger partial charge in [0.2, 0.25) is 11.8 Å². The molecule has 1 N–H and O–H groups in total. The summed E-state index contributed by atoms with van der Waals surface area (Å²) >= 11 is 0. The molecule has 1 rings (SSSR count). The SMILES string of the molecule is C=CC1C(=O)NC(=O)C1/C=C\C. The van der Waals surface area contributed by atoms with Crippen LogP contribution < -0.4 is 5.32 Å². The summed E-state index contributed by atoms with van der Waals surface area (Å²) in [5.41, 5.74) is 0. The minimum absolute atomic E-state index is 0.233. The fourth-order valence-corrected chi connectivity index (χ4v) is 1.28. The van der Waals surface area contributed by atoms with Crippen LogP contribution in [-0.4, -0.2) is 11.8 Å². The summed E-state index contributed by atoms with van der Waals surface area (Å²) in [6, 6.07) is 0. The van der Waals surface area contributed by atoms with Gasteiger partial charge >= 0.3 is 0 Å². The van der Waals surface area contributed by atoms with Gasteiger partial charge in [0.05, 0.1) is 11.8 Å². The first-order chi connectivity index (χ1) is 5.70. The molecule has 0 radical (unpaired) electrons. The second-order valence-corrected chi connectivity index (χ2v) is 2.67. The summed E-state index contributed by atoms with van der Waals surface area (Å²) in [4.78, 5) is 22.2. The third-order valence-electron chi connectivity index (χ3n) is 1.89. The number of amides is 2. The highest BCUT2D eigenvalue weighted by Gasteiger charge is 2.37. The highest BCUT2D eigenvalue weighted by Crippen LogP contribution is 2.21. The van der Waals surface area contributed by atoms with Gasteiger partial charge in [0.1, 0.15) is 0 Å². The Labute approximate surface area is 71.1 Å². The molecule has 0 spiro atoms. The molecule has 2 amide bonds. The van der Waals surface area contributed by atoms with Gasteiger partial charge in [-0.15, -0.1) is 6.58 Å². The Morgan fingerprint density at radius 2 is 1.92 bits per heavy atom. The Bertz CT molecular complexity index is 255. The molecule has 0 aromatic heterocycles. The van der Waals surface area contributed by atoms with E-state index in [1.165, 1.54) is 6.08 Å². The van der Waals surface area contributed by atoms with Gasteiger partial charge in [-0.25, -0.2) is 0 Å². The molecular formula is C9H11NO2. The maximum atomic E-state index is 11.1. The van der Waals surface area contributed by atoms with Gasteiger partial charge in [0.15, 0.2) is 0 Å². The molecule has 1 saturated heterocycles. The molecule has 64 valence electrons. The largest absolute Gasteiger partial charge is 0.295 e. The van der Waals surface area contributed by atoms with Crippen molar-refractivity contribution in [3.05, 3.63) is 24.8 Å². The first kappa shape index (κ1) is 8.71. The molecule has 0 aromatic rings. The van der Waals surface area contributed by atoms with Crippen LogP contribution in [-0.2, 0) is 9.59 Å². The van der Waals surface area contributed by atoms with Crippen molar-refractivity contribution in [1.29, 1.82) is 0 Å². The summed E-state index contributed by atoms with van der Waals surface area (Å²) < 4.78 is 0. The van der Waals surface area contributed by atoms with Gasteiger partial charge < -0.3 is 0 Å². The van der Waals surface area contributed by atoms with Gasteiger partial charge in [-0.3, -0.25) is 14.9 Å². The first-order valence-corrected chi connectivity index (χ1v) is 3.80. The summed E-state index contributed by atoms with van der Waals surface area (Å²) in [6.07, 6.45) is 4.98. The summed E-state index contributed by atoms with van der Waals surface area (Å²) in [7, 11) is 0. The van der Waals surface area contributed by atoms with Crippen molar-refractivity contribution in [3.8, 4) is 0 Å². The summed E-state index contributed by atoms with van der Waals surface area (Å²) in [6.45, 7) is 5.33. The molecule has 12 heavy (non-hydrogen) atoms. The number of carbonyl (C=O) groups is 2. The lowest BCUT2D eigenvalue weighted by Gasteiger charge is -2.04. The Hall–Kier alpha value is -1.38. The molecule has 0 saturated carbocycles. The lowest BCUT2D eigenvalue weighted by atomic mass is 9.95.